The number of amides is 2. The largest absolute Gasteiger partial charge is 0.328 e. The van der Waals surface area contributed by atoms with Gasteiger partial charge in [0, 0.05) is 19.3 Å². The summed E-state index contributed by atoms with van der Waals surface area (Å²) in [5.74, 6) is 0. The molecule has 0 aromatic heterocycles. The molecule has 0 heterocycles. The summed E-state index contributed by atoms with van der Waals surface area (Å²) < 4.78 is 22.7. The molecule has 1 aromatic carbocycles. The zero-order chi connectivity index (χ0) is 13.9. The van der Waals surface area contributed by atoms with Crippen LogP contribution in [0, 0.1) is 6.92 Å². The van der Waals surface area contributed by atoms with Gasteiger partial charge in [0.15, 0.2) is 0 Å². The number of carbonyl (C=O) groups excluding carboxylic acids is 1. The quantitative estimate of drug-likeness (QED) is 0.863. The van der Waals surface area contributed by atoms with Crippen molar-refractivity contribution in [1.82, 2.24) is 4.90 Å². The summed E-state index contributed by atoms with van der Waals surface area (Å²) in [6, 6.07) is 4.27. The molecule has 0 saturated heterocycles. The molecule has 0 unspecified atom stereocenters. The van der Waals surface area contributed by atoms with E-state index in [1.807, 2.05) is 6.92 Å². The molecule has 1 aromatic rings. The first-order chi connectivity index (χ1) is 8.27. The highest BCUT2D eigenvalue weighted by Crippen LogP contribution is 2.22. The highest BCUT2D eigenvalue weighted by atomic mass is 32.2. The molecule has 0 atom stereocenters. The van der Waals surface area contributed by atoms with Gasteiger partial charge in [-0.3, -0.25) is 0 Å². The SMILES string of the molecule is CCN(C)C(=O)Nc1cccc(S(N)(=O)=O)c1C. The van der Waals surface area contributed by atoms with Gasteiger partial charge in [-0.1, -0.05) is 6.07 Å². The Bertz CT molecular complexity index is 555. The van der Waals surface area contributed by atoms with Crippen LogP contribution < -0.4 is 10.5 Å². The minimum Gasteiger partial charge on any atom is -0.328 e. The van der Waals surface area contributed by atoms with Crippen molar-refractivity contribution in [3.63, 3.8) is 0 Å². The van der Waals surface area contributed by atoms with Crippen molar-refractivity contribution < 1.29 is 13.2 Å². The average molecular weight is 271 g/mol. The maximum Gasteiger partial charge on any atom is 0.321 e. The van der Waals surface area contributed by atoms with Crippen LogP contribution in [0.4, 0.5) is 10.5 Å². The molecule has 1 rings (SSSR count). The second-order valence-electron chi connectivity index (χ2n) is 3.92. The second-order valence-corrected chi connectivity index (χ2v) is 5.45. The van der Waals surface area contributed by atoms with Crippen molar-refractivity contribution in [2.45, 2.75) is 18.7 Å². The Morgan fingerprint density at radius 2 is 2.06 bits per heavy atom. The molecule has 0 spiro atoms. The summed E-state index contributed by atoms with van der Waals surface area (Å²) in [6.07, 6.45) is 0. The molecule has 0 saturated carbocycles. The predicted molar refractivity (Wildman–Crippen MR) is 69.9 cm³/mol. The number of primary sulfonamides is 1. The smallest absolute Gasteiger partial charge is 0.321 e. The topological polar surface area (TPSA) is 92.5 Å². The van der Waals surface area contributed by atoms with Gasteiger partial charge in [-0.2, -0.15) is 0 Å². The second kappa shape index (κ2) is 5.36. The van der Waals surface area contributed by atoms with Crippen LogP contribution >= 0.6 is 0 Å². The first-order valence-corrected chi connectivity index (χ1v) is 6.96. The minimum absolute atomic E-state index is 0.0134. The Morgan fingerprint density at radius 3 is 2.56 bits per heavy atom. The highest BCUT2D eigenvalue weighted by molar-refractivity contribution is 7.89. The molecule has 0 aliphatic carbocycles. The molecule has 0 aliphatic heterocycles. The summed E-state index contributed by atoms with van der Waals surface area (Å²) >= 11 is 0. The van der Waals surface area contributed by atoms with Crippen molar-refractivity contribution in [2.24, 2.45) is 5.14 Å². The van der Waals surface area contributed by atoms with E-state index >= 15 is 0 Å². The number of urea groups is 1. The number of nitrogens with zero attached hydrogens (tertiary/aromatic N) is 1. The zero-order valence-electron chi connectivity index (χ0n) is 10.6. The molecular weight excluding hydrogens is 254 g/mol. The van der Waals surface area contributed by atoms with Crippen LogP contribution in [0.1, 0.15) is 12.5 Å². The molecule has 3 N–H and O–H groups in total. The van der Waals surface area contributed by atoms with E-state index < -0.39 is 10.0 Å². The van der Waals surface area contributed by atoms with Gasteiger partial charge in [-0.25, -0.2) is 18.4 Å². The van der Waals surface area contributed by atoms with Crippen molar-refractivity contribution in [3.8, 4) is 0 Å². The third-order valence-electron chi connectivity index (χ3n) is 2.65. The van der Waals surface area contributed by atoms with E-state index in [1.165, 1.54) is 17.0 Å². The number of benzene rings is 1. The molecule has 0 radical (unpaired) electrons. The van der Waals surface area contributed by atoms with E-state index in [1.54, 1.807) is 20.0 Å². The van der Waals surface area contributed by atoms with Gasteiger partial charge in [0.25, 0.3) is 0 Å². The van der Waals surface area contributed by atoms with Crippen molar-refractivity contribution >= 4 is 21.7 Å². The third-order valence-corrected chi connectivity index (χ3v) is 3.71. The van der Waals surface area contributed by atoms with E-state index in [0.29, 0.717) is 17.8 Å². The standard InChI is InChI=1S/C11H17N3O3S/c1-4-14(3)11(15)13-9-6-5-7-10(8(9)2)18(12,16)17/h5-7H,4H2,1-3H3,(H,13,15)(H2,12,16,17). The predicted octanol–water partition coefficient (Wildman–Crippen LogP) is 1.13. The minimum atomic E-state index is -3.78. The number of nitrogens with one attached hydrogen (secondary N) is 1. The fourth-order valence-corrected chi connectivity index (χ4v) is 2.22. The Labute approximate surface area is 107 Å². The molecule has 100 valence electrons. The molecular formula is C11H17N3O3S. The summed E-state index contributed by atoms with van der Waals surface area (Å²) in [6.45, 7) is 3.99. The highest BCUT2D eigenvalue weighted by Gasteiger charge is 2.15. The molecule has 18 heavy (non-hydrogen) atoms. The molecule has 0 bridgehead atoms. The van der Waals surface area contributed by atoms with Crippen LogP contribution in [0.25, 0.3) is 0 Å². The molecule has 7 heteroatoms. The van der Waals surface area contributed by atoms with Crippen LogP contribution in [0.15, 0.2) is 23.1 Å². The van der Waals surface area contributed by atoms with Gasteiger partial charge in [0.05, 0.1) is 4.90 Å². The van der Waals surface area contributed by atoms with E-state index in [2.05, 4.69) is 5.32 Å². The normalized spacial score (nSPS) is 11.1. The summed E-state index contributed by atoms with van der Waals surface area (Å²) in [5, 5.41) is 7.73. The number of hydrogen-bond acceptors (Lipinski definition) is 3. The monoisotopic (exact) mass is 271 g/mol. The summed E-state index contributed by atoms with van der Waals surface area (Å²) in [7, 11) is -2.14. The van der Waals surface area contributed by atoms with E-state index in [0.717, 1.165) is 0 Å². The Kier molecular flexibility index (Phi) is 4.31. The van der Waals surface area contributed by atoms with Crippen molar-refractivity contribution in [2.75, 3.05) is 18.9 Å². The average Bonchev–Trinajstić information content (AvgIpc) is 2.29. The van der Waals surface area contributed by atoms with Gasteiger partial charge >= 0.3 is 6.03 Å². The molecule has 2 amide bonds. The van der Waals surface area contributed by atoms with Crippen LogP contribution in [0.5, 0.6) is 0 Å². The Morgan fingerprint density at radius 1 is 1.44 bits per heavy atom. The van der Waals surface area contributed by atoms with Gasteiger partial charge in [-0.15, -0.1) is 0 Å². The van der Waals surface area contributed by atoms with Crippen LogP contribution in [-0.2, 0) is 10.0 Å². The molecule has 0 fully saturated rings. The molecule has 6 nitrogen and oxygen atoms in total. The number of hydrogen-bond donors (Lipinski definition) is 2. The lowest BCUT2D eigenvalue weighted by Gasteiger charge is -2.17. The lowest BCUT2D eigenvalue weighted by molar-refractivity contribution is 0.224. The van der Waals surface area contributed by atoms with Crippen molar-refractivity contribution in [1.29, 1.82) is 0 Å². The Balaban J connectivity index is 3.10. The fraction of sp³-hybridized carbons (Fsp3) is 0.364. The summed E-state index contributed by atoms with van der Waals surface area (Å²) in [5.41, 5.74) is 0.865. The van der Waals surface area contributed by atoms with Crippen LogP contribution in [-0.4, -0.2) is 32.9 Å². The number of sulfonamides is 1. The van der Waals surface area contributed by atoms with E-state index in [-0.39, 0.29) is 10.9 Å². The first kappa shape index (κ1) is 14.5. The lowest BCUT2D eigenvalue weighted by Crippen LogP contribution is -2.31. The third kappa shape index (κ3) is 3.21. The Hall–Kier alpha value is -1.60. The maximum absolute atomic E-state index is 11.7. The van der Waals surface area contributed by atoms with Crippen molar-refractivity contribution in [3.05, 3.63) is 23.8 Å². The van der Waals surface area contributed by atoms with Gasteiger partial charge in [0.1, 0.15) is 0 Å². The zero-order valence-corrected chi connectivity index (χ0v) is 11.4. The first-order valence-electron chi connectivity index (χ1n) is 5.42. The van der Waals surface area contributed by atoms with Crippen LogP contribution in [0.3, 0.4) is 0 Å². The van der Waals surface area contributed by atoms with E-state index in [9.17, 15) is 13.2 Å². The van der Waals surface area contributed by atoms with Crippen LogP contribution in [0.2, 0.25) is 0 Å². The number of rotatable bonds is 3. The number of anilines is 1. The summed E-state index contributed by atoms with van der Waals surface area (Å²) in [4.78, 5) is 13.2. The lowest BCUT2D eigenvalue weighted by atomic mass is 10.2. The maximum atomic E-state index is 11.7. The molecule has 0 aliphatic rings. The number of nitrogens with two attached hydrogens (primary N) is 1. The van der Waals surface area contributed by atoms with Gasteiger partial charge in [-0.05, 0) is 31.5 Å². The fourth-order valence-electron chi connectivity index (χ4n) is 1.41. The van der Waals surface area contributed by atoms with E-state index in [4.69, 9.17) is 5.14 Å². The number of carbonyl (C=O) groups is 1. The van der Waals surface area contributed by atoms with Gasteiger partial charge in [0.2, 0.25) is 10.0 Å². The van der Waals surface area contributed by atoms with Gasteiger partial charge < -0.3 is 10.2 Å².